The third kappa shape index (κ3) is 3.89. The van der Waals surface area contributed by atoms with Gasteiger partial charge in [-0.3, -0.25) is 19.7 Å². The SMILES string of the molecule is Cc1ccc([N+](=O)[O-])cc1NCC(=O)N1c2ccccc2NC(=O)C[C@@H]1C. The molecular weight excluding hydrogens is 348 g/mol. The van der Waals surface area contributed by atoms with E-state index in [1.54, 1.807) is 35.2 Å². The number of nitro groups is 1. The lowest BCUT2D eigenvalue weighted by Crippen LogP contribution is -2.42. The van der Waals surface area contributed by atoms with Crippen LogP contribution < -0.4 is 15.5 Å². The number of nitro benzene ring substituents is 1. The zero-order chi connectivity index (χ0) is 19.6. The maximum absolute atomic E-state index is 12.9. The normalized spacial score (nSPS) is 16.1. The third-order valence-corrected chi connectivity index (χ3v) is 4.49. The molecule has 1 atom stereocenters. The first-order valence-electron chi connectivity index (χ1n) is 8.56. The van der Waals surface area contributed by atoms with E-state index in [4.69, 9.17) is 0 Å². The summed E-state index contributed by atoms with van der Waals surface area (Å²) in [5.74, 6) is -0.370. The summed E-state index contributed by atoms with van der Waals surface area (Å²) in [5, 5.41) is 16.8. The molecule has 1 aliphatic heterocycles. The van der Waals surface area contributed by atoms with Crippen LogP contribution in [0.2, 0.25) is 0 Å². The van der Waals surface area contributed by atoms with Crippen molar-refractivity contribution < 1.29 is 14.5 Å². The Kier molecular flexibility index (Phi) is 5.07. The van der Waals surface area contributed by atoms with Crippen molar-refractivity contribution >= 4 is 34.6 Å². The van der Waals surface area contributed by atoms with Gasteiger partial charge < -0.3 is 15.5 Å². The molecule has 2 N–H and O–H groups in total. The average Bonchev–Trinajstić information content (AvgIpc) is 2.74. The van der Waals surface area contributed by atoms with Gasteiger partial charge in [0.2, 0.25) is 11.8 Å². The van der Waals surface area contributed by atoms with Crippen LogP contribution in [0.25, 0.3) is 0 Å². The first-order valence-corrected chi connectivity index (χ1v) is 8.56. The van der Waals surface area contributed by atoms with Crippen molar-refractivity contribution in [3.63, 3.8) is 0 Å². The van der Waals surface area contributed by atoms with E-state index in [9.17, 15) is 19.7 Å². The molecule has 140 valence electrons. The van der Waals surface area contributed by atoms with Crippen molar-refractivity contribution in [1.29, 1.82) is 0 Å². The van der Waals surface area contributed by atoms with Crippen LogP contribution in [0.15, 0.2) is 42.5 Å². The number of rotatable bonds is 4. The van der Waals surface area contributed by atoms with E-state index in [0.717, 1.165) is 5.56 Å². The Morgan fingerprint density at radius 2 is 2.07 bits per heavy atom. The molecule has 0 aromatic heterocycles. The second kappa shape index (κ2) is 7.45. The summed E-state index contributed by atoms with van der Waals surface area (Å²) < 4.78 is 0. The Balaban J connectivity index is 1.83. The van der Waals surface area contributed by atoms with E-state index in [-0.39, 0.29) is 36.5 Å². The number of carbonyl (C=O) groups excluding carboxylic acids is 2. The molecule has 0 radical (unpaired) electrons. The summed E-state index contributed by atoms with van der Waals surface area (Å²) in [7, 11) is 0. The van der Waals surface area contributed by atoms with Gasteiger partial charge in [0, 0.05) is 30.3 Å². The number of benzene rings is 2. The number of hydrogen-bond donors (Lipinski definition) is 2. The quantitative estimate of drug-likeness (QED) is 0.637. The fourth-order valence-corrected chi connectivity index (χ4v) is 3.14. The molecule has 0 fully saturated rings. The summed E-state index contributed by atoms with van der Waals surface area (Å²) in [4.78, 5) is 37.0. The van der Waals surface area contributed by atoms with Crippen LogP contribution in [0.3, 0.4) is 0 Å². The summed E-state index contributed by atoms with van der Waals surface area (Å²) in [6.45, 7) is 3.58. The summed E-state index contributed by atoms with van der Waals surface area (Å²) in [5.41, 5.74) is 2.51. The van der Waals surface area contributed by atoms with Crippen molar-refractivity contribution in [3.8, 4) is 0 Å². The summed E-state index contributed by atoms with van der Waals surface area (Å²) >= 11 is 0. The smallest absolute Gasteiger partial charge is 0.271 e. The number of nitrogens with one attached hydrogen (secondary N) is 2. The number of carbonyl (C=O) groups is 2. The minimum Gasteiger partial charge on any atom is -0.376 e. The van der Waals surface area contributed by atoms with Crippen molar-refractivity contribution in [2.45, 2.75) is 26.3 Å². The highest BCUT2D eigenvalue weighted by Gasteiger charge is 2.29. The van der Waals surface area contributed by atoms with Gasteiger partial charge in [0.25, 0.3) is 5.69 Å². The van der Waals surface area contributed by atoms with Crippen LogP contribution in [0.5, 0.6) is 0 Å². The predicted octanol–water partition coefficient (Wildman–Crippen LogP) is 3.08. The van der Waals surface area contributed by atoms with E-state index in [1.807, 2.05) is 13.8 Å². The van der Waals surface area contributed by atoms with Crippen molar-refractivity contribution in [2.75, 3.05) is 22.1 Å². The van der Waals surface area contributed by atoms with Crippen LogP contribution in [0.1, 0.15) is 18.9 Å². The highest BCUT2D eigenvalue weighted by atomic mass is 16.6. The van der Waals surface area contributed by atoms with Gasteiger partial charge in [-0.15, -0.1) is 0 Å². The van der Waals surface area contributed by atoms with Crippen LogP contribution in [0, 0.1) is 17.0 Å². The maximum Gasteiger partial charge on any atom is 0.271 e. The van der Waals surface area contributed by atoms with Gasteiger partial charge in [0.1, 0.15) is 0 Å². The Hall–Kier alpha value is -3.42. The van der Waals surface area contributed by atoms with E-state index in [1.165, 1.54) is 12.1 Å². The molecule has 0 bridgehead atoms. The van der Waals surface area contributed by atoms with Crippen LogP contribution >= 0.6 is 0 Å². The fourth-order valence-electron chi connectivity index (χ4n) is 3.14. The van der Waals surface area contributed by atoms with Crippen LogP contribution in [-0.2, 0) is 9.59 Å². The van der Waals surface area contributed by atoms with Crippen molar-refractivity contribution in [2.24, 2.45) is 0 Å². The van der Waals surface area contributed by atoms with Gasteiger partial charge >= 0.3 is 0 Å². The lowest BCUT2D eigenvalue weighted by atomic mass is 10.1. The molecule has 0 saturated heterocycles. The molecule has 3 rings (SSSR count). The molecule has 0 aliphatic carbocycles. The monoisotopic (exact) mass is 368 g/mol. The number of para-hydroxylation sites is 2. The first-order chi connectivity index (χ1) is 12.9. The zero-order valence-corrected chi connectivity index (χ0v) is 15.1. The summed E-state index contributed by atoms with van der Waals surface area (Å²) in [6.07, 6.45) is 0.191. The molecule has 0 saturated carbocycles. The lowest BCUT2D eigenvalue weighted by molar-refractivity contribution is -0.384. The molecule has 2 amide bonds. The predicted molar refractivity (Wildman–Crippen MR) is 103 cm³/mol. The molecule has 0 unspecified atom stereocenters. The topological polar surface area (TPSA) is 105 Å². The summed E-state index contributed by atoms with van der Waals surface area (Å²) in [6, 6.07) is 11.3. The number of hydrogen-bond acceptors (Lipinski definition) is 5. The van der Waals surface area contributed by atoms with E-state index < -0.39 is 4.92 Å². The van der Waals surface area contributed by atoms with Crippen LogP contribution in [0.4, 0.5) is 22.7 Å². The molecule has 27 heavy (non-hydrogen) atoms. The molecule has 8 nitrogen and oxygen atoms in total. The number of fused-ring (bicyclic) bond motifs is 1. The second-order valence-electron chi connectivity index (χ2n) is 6.49. The minimum atomic E-state index is -0.475. The van der Waals surface area contributed by atoms with Crippen molar-refractivity contribution in [3.05, 3.63) is 58.1 Å². The Morgan fingerprint density at radius 3 is 2.81 bits per heavy atom. The molecule has 2 aromatic carbocycles. The number of nitrogens with zero attached hydrogens (tertiary/aromatic N) is 2. The van der Waals surface area contributed by atoms with Gasteiger partial charge in [0.05, 0.1) is 22.8 Å². The maximum atomic E-state index is 12.9. The molecule has 8 heteroatoms. The Bertz CT molecular complexity index is 912. The second-order valence-corrected chi connectivity index (χ2v) is 6.49. The minimum absolute atomic E-state index is 0.0427. The number of aryl methyl sites for hydroxylation is 1. The zero-order valence-electron chi connectivity index (χ0n) is 15.1. The van der Waals surface area contributed by atoms with E-state index in [0.29, 0.717) is 17.1 Å². The van der Waals surface area contributed by atoms with E-state index in [2.05, 4.69) is 10.6 Å². The van der Waals surface area contributed by atoms with Gasteiger partial charge in [0.15, 0.2) is 0 Å². The molecular formula is C19H20N4O4. The van der Waals surface area contributed by atoms with Gasteiger partial charge in [-0.25, -0.2) is 0 Å². The number of anilines is 3. The Labute approximate surface area is 156 Å². The van der Waals surface area contributed by atoms with Gasteiger partial charge in [-0.2, -0.15) is 0 Å². The Morgan fingerprint density at radius 1 is 1.33 bits per heavy atom. The number of amides is 2. The van der Waals surface area contributed by atoms with Gasteiger partial charge in [-0.05, 0) is 31.5 Å². The average molecular weight is 368 g/mol. The van der Waals surface area contributed by atoms with Crippen molar-refractivity contribution in [1.82, 2.24) is 0 Å². The lowest BCUT2D eigenvalue weighted by Gasteiger charge is -2.28. The highest BCUT2D eigenvalue weighted by molar-refractivity contribution is 6.05. The van der Waals surface area contributed by atoms with E-state index >= 15 is 0 Å². The number of non-ortho nitro benzene ring substituents is 1. The molecule has 1 aliphatic rings. The third-order valence-electron chi connectivity index (χ3n) is 4.49. The molecule has 1 heterocycles. The fraction of sp³-hybridized carbons (Fsp3) is 0.263. The molecule has 2 aromatic rings. The first kappa shape index (κ1) is 18.4. The molecule has 0 spiro atoms. The van der Waals surface area contributed by atoms with Crippen LogP contribution in [-0.4, -0.2) is 29.3 Å². The largest absolute Gasteiger partial charge is 0.376 e. The van der Waals surface area contributed by atoms with Gasteiger partial charge in [-0.1, -0.05) is 18.2 Å². The highest BCUT2D eigenvalue weighted by Crippen LogP contribution is 2.31. The standard InChI is InChI=1S/C19H20N4O4/c1-12-7-8-14(23(26)27)10-16(12)20-11-19(25)22-13(2)9-18(24)21-15-5-3-4-6-17(15)22/h3-8,10,13,20H,9,11H2,1-2H3,(H,21,24)/t13-/m0/s1.